The smallest absolute Gasteiger partial charge is 0.234 e. The molecule has 2 aromatic rings. The lowest BCUT2D eigenvalue weighted by atomic mass is 9.96. The van der Waals surface area contributed by atoms with E-state index in [1.807, 2.05) is 6.07 Å². The van der Waals surface area contributed by atoms with Crippen LogP contribution in [0, 0.1) is 5.92 Å². The molecule has 1 aliphatic heterocycles. The highest BCUT2D eigenvalue weighted by atomic mass is 16.5. The van der Waals surface area contributed by atoms with E-state index in [9.17, 15) is 5.11 Å². The first-order valence-corrected chi connectivity index (χ1v) is 12.4. The number of β-amino-alcohol motifs (C(OH)–C–C–N with tert-alkyl or cyclic N) is 1. The maximum absolute atomic E-state index is 10.2. The van der Waals surface area contributed by atoms with Gasteiger partial charge in [0.1, 0.15) is 5.75 Å². The summed E-state index contributed by atoms with van der Waals surface area (Å²) in [5.41, 5.74) is 3.18. The van der Waals surface area contributed by atoms with E-state index in [1.54, 1.807) is 0 Å². The summed E-state index contributed by atoms with van der Waals surface area (Å²) in [6.45, 7) is 4.18. The highest BCUT2D eigenvalue weighted by molar-refractivity contribution is 5.67. The molecule has 1 aromatic carbocycles. The number of aryl methyl sites for hydroxylation is 1. The van der Waals surface area contributed by atoms with Gasteiger partial charge in [0.05, 0.1) is 24.5 Å². The Kier molecular flexibility index (Phi) is 8.35. The molecule has 6 nitrogen and oxygen atoms in total. The molecule has 0 spiro atoms. The molecule has 2 aliphatic rings. The average Bonchev–Trinajstić information content (AvgIpc) is 2.84. The molecule has 174 valence electrons. The molecule has 2 fully saturated rings. The van der Waals surface area contributed by atoms with Gasteiger partial charge < -0.3 is 19.9 Å². The molecular weight excluding hydrogens is 402 g/mol. The summed E-state index contributed by atoms with van der Waals surface area (Å²) < 4.78 is 12.2. The molecule has 6 heteroatoms. The molecule has 0 amide bonds. The zero-order valence-electron chi connectivity index (χ0n) is 19.3. The van der Waals surface area contributed by atoms with E-state index in [0.29, 0.717) is 25.1 Å². The highest BCUT2D eigenvalue weighted by Crippen LogP contribution is 2.30. The van der Waals surface area contributed by atoms with Gasteiger partial charge in [-0.2, -0.15) is 5.10 Å². The number of unbranched alkanes of at least 4 members (excludes halogenated alkanes) is 1. The van der Waals surface area contributed by atoms with E-state index >= 15 is 0 Å². The Labute approximate surface area is 191 Å². The second kappa shape index (κ2) is 11.6. The van der Waals surface area contributed by atoms with Crippen molar-refractivity contribution in [2.24, 2.45) is 5.92 Å². The van der Waals surface area contributed by atoms with Crippen molar-refractivity contribution in [3.05, 3.63) is 36.0 Å². The van der Waals surface area contributed by atoms with Crippen molar-refractivity contribution in [2.75, 3.05) is 19.7 Å². The number of piperidine rings is 1. The second-order valence-electron chi connectivity index (χ2n) is 9.18. The number of hydrogen-bond acceptors (Lipinski definition) is 6. The number of aliphatic hydroxyl groups is 1. The fourth-order valence-corrected chi connectivity index (χ4v) is 4.62. The number of hydrogen-bond donors (Lipinski definition) is 2. The van der Waals surface area contributed by atoms with E-state index in [4.69, 9.17) is 9.47 Å². The van der Waals surface area contributed by atoms with Gasteiger partial charge in [-0.05, 0) is 69.2 Å². The Bertz CT molecular complexity index is 837. The van der Waals surface area contributed by atoms with Crippen molar-refractivity contribution in [1.82, 2.24) is 15.5 Å². The molecule has 2 atom stereocenters. The minimum absolute atomic E-state index is 0.123. The normalized spacial score (nSPS) is 21.9. The number of aromatic nitrogens is 2. The molecule has 0 radical (unpaired) electrons. The van der Waals surface area contributed by atoms with Gasteiger partial charge in [-0.25, -0.2) is 0 Å². The predicted molar refractivity (Wildman–Crippen MR) is 126 cm³/mol. The van der Waals surface area contributed by atoms with Crippen LogP contribution in [-0.4, -0.2) is 47.2 Å². The van der Waals surface area contributed by atoms with Crippen LogP contribution in [0.15, 0.2) is 30.3 Å². The van der Waals surface area contributed by atoms with Crippen molar-refractivity contribution in [1.29, 1.82) is 0 Å². The number of ether oxygens (including phenoxy) is 2. The third-order valence-corrected chi connectivity index (χ3v) is 6.67. The largest absolute Gasteiger partial charge is 0.490 e. The molecule has 1 aliphatic carbocycles. The van der Waals surface area contributed by atoms with Crippen LogP contribution in [0.3, 0.4) is 0 Å². The van der Waals surface area contributed by atoms with Crippen LogP contribution in [0.4, 0.5) is 0 Å². The number of aliphatic hydroxyl groups excluding tert-OH is 1. The van der Waals surface area contributed by atoms with Crippen LogP contribution >= 0.6 is 0 Å². The average molecular weight is 440 g/mol. The molecule has 0 unspecified atom stereocenters. The summed E-state index contributed by atoms with van der Waals surface area (Å²) in [6.07, 6.45) is 10.1. The lowest BCUT2D eigenvalue weighted by Crippen LogP contribution is -2.42. The Morgan fingerprint density at radius 2 is 1.88 bits per heavy atom. The topological polar surface area (TPSA) is 76.5 Å². The molecule has 2 heterocycles. The van der Waals surface area contributed by atoms with Gasteiger partial charge in [0.2, 0.25) is 5.88 Å². The van der Waals surface area contributed by atoms with E-state index in [1.165, 1.54) is 19.3 Å². The first-order valence-electron chi connectivity index (χ1n) is 12.4. The number of benzene rings is 1. The Hall–Kier alpha value is -2.18. The zero-order valence-corrected chi connectivity index (χ0v) is 19.3. The number of rotatable bonds is 9. The van der Waals surface area contributed by atoms with E-state index in [-0.39, 0.29) is 12.0 Å². The predicted octanol–water partition coefficient (Wildman–Crippen LogP) is 4.55. The van der Waals surface area contributed by atoms with Gasteiger partial charge in [0, 0.05) is 24.1 Å². The fourth-order valence-electron chi connectivity index (χ4n) is 4.62. The number of nitrogens with one attached hydrogen (secondary N) is 1. The standard InChI is InChI=1S/C26H37N3O3/c1-2-3-9-24-23(16-26(29-28-24)31-18-20-14-15-27-17-25(20)30)19-10-12-22(13-11-19)32-21-7-5-4-6-8-21/h10-13,16,20-21,25,27,30H,2-9,14-15,17-18H2,1H3/t20-,25-/m0/s1. The van der Waals surface area contributed by atoms with Crippen molar-refractivity contribution in [3.8, 4) is 22.8 Å². The Balaban J connectivity index is 1.47. The van der Waals surface area contributed by atoms with E-state index in [0.717, 1.165) is 67.6 Å². The third-order valence-electron chi connectivity index (χ3n) is 6.67. The summed E-state index contributed by atoms with van der Waals surface area (Å²) in [7, 11) is 0. The summed E-state index contributed by atoms with van der Waals surface area (Å²) in [5.74, 6) is 1.58. The molecule has 1 aromatic heterocycles. The SMILES string of the molecule is CCCCc1nnc(OC[C@@H]2CCNC[C@@H]2O)cc1-c1ccc(OC2CCCCC2)cc1. The molecule has 0 bridgehead atoms. The molecular formula is C26H37N3O3. The van der Waals surface area contributed by atoms with Crippen LogP contribution in [-0.2, 0) is 6.42 Å². The van der Waals surface area contributed by atoms with Crippen molar-refractivity contribution in [3.63, 3.8) is 0 Å². The number of nitrogens with zero attached hydrogens (tertiary/aromatic N) is 2. The lowest BCUT2D eigenvalue weighted by Gasteiger charge is -2.27. The fraction of sp³-hybridized carbons (Fsp3) is 0.615. The van der Waals surface area contributed by atoms with Crippen molar-refractivity contribution >= 4 is 0 Å². The van der Waals surface area contributed by atoms with Crippen molar-refractivity contribution < 1.29 is 14.6 Å². The second-order valence-corrected chi connectivity index (χ2v) is 9.18. The summed E-state index contributed by atoms with van der Waals surface area (Å²) >= 11 is 0. The summed E-state index contributed by atoms with van der Waals surface area (Å²) in [5, 5.41) is 22.2. The van der Waals surface area contributed by atoms with Gasteiger partial charge in [-0.15, -0.1) is 5.10 Å². The van der Waals surface area contributed by atoms with Gasteiger partial charge >= 0.3 is 0 Å². The van der Waals surface area contributed by atoms with Gasteiger partial charge in [0.15, 0.2) is 0 Å². The van der Waals surface area contributed by atoms with Gasteiger partial charge in [-0.1, -0.05) is 31.9 Å². The molecule has 32 heavy (non-hydrogen) atoms. The molecule has 1 saturated carbocycles. The van der Waals surface area contributed by atoms with Crippen LogP contribution in [0.1, 0.15) is 64.0 Å². The maximum Gasteiger partial charge on any atom is 0.234 e. The Morgan fingerprint density at radius 3 is 2.62 bits per heavy atom. The van der Waals surface area contributed by atoms with E-state index < -0.39 is 0 Å². The minimum atomic E-state index is -0.378. The summed E-state index contributed by atoms with van der Waals surface area (Å²) in [6, 6.07) is 10.4. The van der Waals surface area contributed by atoms with Crippen LogP contribution in [0.2, 0.25) is 0 Å². The quantitative estimate of drug-likeness (QED) is 0.597. The third kappa shape index (κ3) is 6.20. The molecule has 1 saturated heterocycles. The highest BCUT2D eigenvalue weighted by Gasteiger charge is 2.24. The maximum atomic E-state index is 10.2. The lowest BCUT2D eigenvalue weighted by molar-refractivity contribution is 0.0512. The monoisotopic (exact) mass is 439 g/mol. The molecule has 4 rings (SSSR count). The minimum Gasteiger partial charge on any atom is -0.490 e. The van der Waals surface area contributed by atoms with Crippen LogP contribution < -0.4 is 14.8 Å². The van der Waals surface area contributed by atoms with Crippen LogP contribution in [0.25, 0.3) is 11.1 Å². The van der Waals surface area contributed by atoms with E-state index in [2.05, 4.69) is 46.7 Å². The molecule has 2 N–H and O–H groups in total. The summed E-state index contributed by atoms with van der Waals surface area (Å²) in [4.78, 5) is 0. The van der Waals surface area contributed by atoms with Crippen LogP contribution in [0.5, 0.6) is 11.6 Å². The zero-order chi connectivity index (χ0) is 22.2. The Morgan fingerprint density at radius 1 is 1.06 bits per heavy atom. The first-order chi connectivity index (χ1) is 15.7. The van der Waals surface area contributed by atoms with Gasteiger partial charge in [0.25, 0.3) is 0 Å². The van der Waals surface area contributed by atoms with Crippen molar-refractivity contribution in [2.45, 2.75) is 76.9 Å². The first kappa shape index (κ1) is 23.0. The van der Waals surface area contributed by atoms with Gasteiger partial charge in [-0.3, -0.25) is 0 Å².